The maximum Gasteiger partial charge on any atom is 0.134 e. The summed E-state index contributed by atoms with van der Waals surface area (Å²) in [5.74, 6) is 0.850. The first-order chi connectivity index (χ1) is 12.5. The molecule has 0 bridgehead atoms. The van der Waals surface area contributed by atoms with Crippen LogP contribution in [0.1, 0.15) is 22.3 Å². The highest BCUT2D eigenvalue weighted by atomic mass is 79.9. The van der Waals surface area contributed by atoms with E-state index in [-0.39, 0.29) is 0 Å². The Bertz CT molecular complexity index is 891. The van der Waals surface area contributed by atoms with Crippen molar-refractivity contribution >= 4 is 37.5 Å². The normalized spacial score (nSPS) is 10.6. The number of benzene rings is 3. The van der Waals surface area contributed by atoms with Gasteiger partial charge in [-0.25, -0.2) is 0 Å². The number of rotatable bonds is 6. The molecule has 134 valence electrons. The third kappa shape index (κ3) is 5.12. The molecule has 0 saturated heterocycles. The SMILES string of the molecule is Cc1ccc(NCc2ccc(OCc3ccc(Br)cc3)c(Br)c2)cc1C. The Labute approximate surface area is 171 Å². The van der Waals surface area contributed by atoms with Crippen LogP contribution in [0.15, 0.2) is 69.6 Å². The zero-order chi connectivity index (χ0) is 18.5. The van der Waals surface area contributed by atoms with E-state index >= 15 is 0 Å². The Morgan fingerprint density at radius 1 is 0.808 bits per heavy atom. The van der Waals surface area contributed by atoms with Gasteiger partial charge < -0.3 is 10.1 Å². The van der Waals surface area contributed by atoms with Gasteiger partial charge in [-0.2, -0.15) is 0 Å². The van der Waals surface area contributed by atoms with Crippen LogP contribution in [0.3, 0.4) is 0 Å². The molecule has 0 aromatic heterocycles. The van der Waals surface area contributed by atoms with Crippen molar-refractivity contribution in [2.45, 2.75) is 27.0 Å². The van der Waals surface area contributed by atoms with E-state index in [0.717, 1.165) is 32.5 Å². The molecular formula is C22H21Br2NO. The van der Waals surface area contributed by atoms with Gasteiger partial charge in [0.05, 0.1) is 4.47 Å². The molecule has 0 atom stereocenters. The van der Waals surface area contributed by atoms with E-state index in [1.54, 1.807) is 0 Å². The molecule has 3 aromatic carbocycles. The molecule has 0 saturated carbocycles. The van der Waals surface area contributed by atoms with Crippen molar-refractivity contribution in [1.29, 1.82) is 0 Å². The quantitative estimate of drug-likeness (QED) is 0.414. The molecule has 0 radical (unpaired) electrons. The van der Waals surface area contributed by atoms with Crippen LogP contribution in [0.2, 0.25) is 0 Å². The van der Waals surface area contributed by atoms with Gasteiger partial charge >= 0.3 is 0 Å². The standard InChI is InChI=1S/C22H21Br2NO/c1-15-3-9-20(11-16(15)2)25-13-18-6-10-22(21(24)12-18)26-14-17-4-7-19(23)8-5-17/h3-12,25H,13-14H2,1-2H3. The fraction of sp³-hybridized carbons (Fsp3) is 0.182. The summed E-state index contributed by atoms with van der Waals surface area (Å²) in [5, 5.41) is 3.47. The highest BCUT2D eigenvalue weighted by Crippen LogP contribution is 2.27. The molecule has 0 heterocycles. The zero-order valence-corrected chi connectivity index (χ0v) is 18.0. The Morgan fingerprint density at radius 2 is 1.54 bits per heavy atom. The number of hydrogen-bond acceptors (Lipinski definition) is 2. The summed E-state index contributed by atoms with van der Waals surface area (Å²) in [6.07, 6.45) is 0. The lowest BCUT2D eigenvalue weighted by molar-refractivity contribution is 0.304. The summed E-state index contributed by atoms with van der Waals surface area (Å²) in [5.41, 5.74) is 6.09. The first kappa shape index (κ1) is 19.0. The molecule has 0 aliphatic heterocycles. The number of hydrogen-bond donors (Lipinski definition) is 1. The predicted molar refractivity (Wildman–Crippen MR) is 116 cm³/mol. The molecule has 0 unspecified atom stereocenters. The minimum Gasteiger partial charge on any atom is -0.488 e. The van der Waals surface area contributed by atoms with E-state index in [1.165, 1.54) is 16.7 Å². The van der Waals surface area contributed by atoms with Gasteiger partial charge in [0.2, 0.25) is 0 Å². The predicted octanol–water partition coefficient (Wildman–Crippen LogP) is 7.02. The van der Waals surface area contributed by atoms with E-state index < -0.39 is 0 Å². The lowest BCUT2D eigenvalue weighted by Gasteiger charge is -2.12. The monoisotopic (exact) mass is 473 g/mol. The lowest BCUT2D eigenvalue weighted by Crippen LogP contribution is -2.01. The molecule has 1 N–H and O–H groups in total. The first-order valence-corrected chi connectivity index (χ1v) is 10.1. The van der Waals surface area contributed by atoms with Crippen molar-refractivity contribution in [3.63, 3.8) is 0 Å². The Balaban J connectivity index is 1.59. The third-order valence-electron chi connectivity index (χ3n) is 4.31. The maximum absolute atomic E-state index is 5.93. The van der Waals surface area contributed by atoms with Crippen LogP contribution in [0.25, 0.3) is 0 Å². The fourth-order valence-corrected chi connectivity index (χ4v) is 3.37. The van der Waals surface area contributed by atoms with Crippen molar-refractivity contribution in [3.8, 4) is 5.75 Å². The molecule has 3 rings (SSSR count). The lowest BCUT2D eigenvalue weighted by atomic mass is 10.1. The molecule has 0 spiro atoms. The highest BCUT2D eigenvalue weighted by molar-refractivity contribution is 9.10. The van der Waals surface area contributed by atoms with E-state index in [4.69, 9.17) is 4.74 Å². The van der Waals surface area contributed by atoms with Gasteiger partial charge in [0.15, 0.2) is 0 Å². The average Bonchev–Trinajstić information content (AvgIpc) is 2.63. The third-order valence-corrected chi connectivity index (χ3v) is 5.46. The van der Waals surface area contributed by atoms with Crippen molar-refractivity contribution in [2.75, 3.05) is 5.32 Å². The largest absolute Gasteiger partial charge is 0.488 e. The number of anilines is 1. The van der Waals surface area contributed by atoms with Crippen molar-refractivity contribution in [1.82, 2.24) is 0 Å². The second-order valence-electron chi connectivity index (χ2n) is 6.33. The minimum atomic E-state index is 0.548. The summed E-state index contributed by atoms with van der Waals surface area (Å²) < 4.78 is 7.97. The smallest absolute Gasteiger partial charge is 0.134 e. The Hall–Kier alpha value is -1.78. The second kappa shape index (κ2) is 8.74. The zero-order valence-electron chi connectivity index (χ0n) is 14.9. The molecule has 0 aliphatic carbocycles. The van der Waals surface area contributed by atoms with Gasteiger partial charge in [-0.1, -0.05) is 40.2 Å². The van der Waals surface area contributed by atoms with E-state index in [9.17, 15) is 0 Å². The van der Waals surface area contributed by atoms with E-state index in [0.29, 0.717) is 6.61 Å². The molecule has 2 nitrogen and oxygen atoms in total. The molecular weight excluding hydrogens is 454 g/mol. The van der Waals surface area contributed by atoms with Gasteiger partial charge in [0.1, 0.15) is 12.4 Å². The highest BCUT2D eigenvalue weighted by Gasteiger charge is 2.04. The second-order valence-corrected chi connectivity index (χ2v) is 8.10. The van der Waals surface area contributed by atoms with Crippen LogP contribution in [-0.4, -0.2) is 0 Å². The van der Waals surface area contributed by atoms with Crippen LogP contribution in [0.5, 0.6) is 5.75 Å². The first-order valence-electron chi connectivity index (χ1n) is 8.48. The van der Waals surface area contributed by atoms with Gasteiger partial charge in [-0.15, -0.1) is 0 Å². The van der Waals surface area contributed by atoms with Gasteiger partial charge in [-0.05, 0) is 88.4 Å². The van der Waals surface area contributed by atoms with Gasteiger partial charge in [0, 0.05) is 16.7 Å². The molecule has 0 aliphatic rings. The summed E-state index contributed by atoms with van der Waals surface area (Å²) in [4.78, 5) is 0. The number of halogens is 2. The van der Waals surface area contributed by atoms with E-state index in [2.05, 4.69) is 93.5 Å². The fourth-order valence-electron chi connectivity index (χ4n) is 2.57. The van der Waals surface area contributed by atoms with Gasteiger partial charge in [-0.3, -0.25) is 0 Å². The molecule has 4 heteroatoms. The van der Waals surface area contributed by atoms with Crippen LogP contribution in [0.4, 0.5) is 5.69 Å². The summed E-state index contributed by atoms with van der Waals surface area (Å²) in [7, 11) is 0. The van der Waals surface area contributed by atoms with Gasteiger partial charge in [0.25, 0.3) is 0 Å². The Morgan fingerprint density at radius 3 is 2.23 bits per heavy atom. The van der Waals surface area contributed by atoms with Crippen molar-refractivity contribution < 1.29 is 4.74 Å². The topological polar surface area (TPSA) is 21.3 Å². The molecule has 3 aromatic rings. The minimum absolute atomic E-state index is 0.548. The van der Waals surface area contributed by atoms with Crippen LogP contribution >= 0.6 is 31.9 Å². The van der Waals surface area contributed by atoms with Crippen LogP contribution in [0, 0.1) is 13.8 Å². The van der Waals surface area contributed by atoms with Crippen LogP contribution < -0.4 is 10.1 Å². The summed E-state index contributed by atoms with van der Waals surface area (Å²) >= 11 is 7.07. The number of nitrogens with one attached hydrogen (secondary N) is 1. The number of ether oxygens (including phenoxy) is 1. The molecule has 0 fully saturated rings. The van der Waals surface area contributed by atoms with E-state index in [1.807, 2.05) is 18.2 Å². The maximum atomic E-state index is 5.93. The average molecular weight is 475 g/mol. The van der Waals surface area contributed by atoms with Crippen molar-refractivity contribution in [3.05, 3.63) is 91.9 Å². The Kier molecular flexibility index (Phi) is 6.38. The summed E-state index contributed by atoms with van der Waals surface area (Å²) in [6, 6.07) is 20.8. The summed E-state index contributed by atoms with van der Waals surface area (Å²) in [6.45, 7) is 5.58. The molecule has 26 heavy (non-hydrogen) atoms. The van der Waals surface area contributed by atoms with Crippen molar-refractivity contribution in [2.24, 2.45) is 0 Å². The molecule has 0 amide bonds. The number of aryl methyl sites for hydroxylation is 2. The van der Waals surface area contributed by atoms with Crippen LogP contribution in [-0.2, 0) is 13.2 Å².